The van der Waals surface area contributed by atoms with Crippen molar-refractivity contribution in [3.8, 4) is 0 Å². The van der Waals surface area contributed by atoms with E-state index in [1.54, 1.807) is 0 Å². The van der Waals surface area contributed by atoms with Crippen LogP contribution in [0.1, 0.15) is 43.9 Å². The minimum atomic E-state index is -0.106. The van der Waals surface area contributed by atoms with Gasteiger partial charge in [-0.1, -0.05) is 38.5 Å². The van der Waals surface area contributed by atoms with Gasteiger partial charge in [0.15, 0.2) is 0 Å². The van der Waals surface area contributed by atoms with Gasteiger partial charge in [-0.25, -0.2) is 0 Å². The van der Waals surface area contributed by atoms with E-state index in [1.165, 1.54) is 16.7 Å². The zero-order chi connectivity index (χ0) is 12.3. The number of hydrogen-bond donors (Lipinski definition) is 1. The largest absolute Gasteiger partial charge is 0.325 e. The molecule has 0 radical (unpaired) electrons. The van der Waals surface area contributed by atoms with Crippen molar-refractivity contribution in [2.45, 2.75) is 53.0 Å². The quantitative estimate of drug-likeness (QED) is 0.822. The second kappa shape index (κ2) is 5.01. The maximum Gasteiger partial charge on any atom is 0.0192 e. The van der Waals surface area contributed by atoms with Gasteiger partial charge >= 0.3 is 0 Å². The van der Waals surface area contributed by atoms with E-state index in [9.17, 15) is 0 Å². The highest BCUT2D eigenvalue weighted by Gasteiger charge is 2.26. The average molecular weight is 219 g/mol. The maximum absolute atomic E-state index is 6.44. The van der Waals surface area contributed by atoms with Crippen LogP contribution in [0.15, 0.2) is 18.2 Å². The van der Waals surface area contributed by atoms with Crippen LogP contribution in [-0.4, -0.2) is 5.54 Å². The highest BCUT2D eigenvalue weighted by atomic mass is 14.7. The first-order valence-corrected chi connectivity index (χ1v) is 6.22. The zero-order valence-electron chi connectivity index (χ0n) is 11.3. The molecule has 0 saturated heterocycles. The molecule has 0 aromatic heterocycles. The van der Waals surface area contributed by atoms with Crippen molar-refractivity contribution in [1.82, 2.24) is 0 Å². The lowest BCUT2D eigenvalue weighted by molar-refractivity contribution is 0.306. The van der Waals surface area contributed by atoms with E-state index in [4.69, 9.17) is 5.73 Å². The molecule has 1 rings (SSSR count). The Labute approximate surface area is 100 Å². The number of nitrogens with two attached hydrogens (primary N) is 1. The van der Waals surface area contributed by atoms with Crippen LogP contribution in [0.5, 0.6) is 0 Å². The Morgan fingerprint density at radius 1 is 1.25 bits per heavy atom. The van der Waals surface area contributed by atoms with Crippen molar-refractivity contribution in [2.24, 2.45) is 11.7 Å². The monoisotopic (exact) mass is 219 g/mol. The Bertz CT molecular complexity index is 332. The molecule has 2 N–H and O–H groups in total. The van der Waals surface area contributed by atoms with Crippen molar-refractivity contribution in [1.29, 1.82) is 0 Å². The van der Waals surface area contributed by atoms with E-state index in [2.05, 4.69) is 52.8 Å². The van der Waals surface area contributed by atoms with Gasteiger partial charge in [-0.05, 0) is 49.8 Å². The summed E-state index contributed by atoms with van der Waals surface area (Å²) in [7, 11) is 0. The van der Waals surface area contributed by atoms with Crippen molar-refractivity contribution in [3.05, 3.63) is 34.9 Å². The molecule has 0 amide bonds. The fourth-order valence-corrected chi connectivity index (χ4v) is 2.15. The summed E-state index contributed by atoms with van der Waals surface area (Å²) in [5.74, 6) is 0.548. The molecule has 0 saturated carbocycles. The Morgan fingerprint density at radius 3 is 2.19 bits per heavy atom. The fourth-order valence-electron chi connectivity index (χ4n) is 2.15. The standard InChI is InChI=1S/C15H25N/c1-6-13(4)15(5,16)10-14-11(2)8-7-9-12(14)3/h7-9,13H,6,10,16H2,1-5H3. The molecule has 0 aliphatic carbocycles. The molecule has 0 bridgehead atoms. The van der Waals surface area contributed by atoms with E-state index in [-0.39, 0.29) is 5.54 Å². The van der Waals surface area contributed by atoms with Crippen LogP contribution in [0.4, 0.5) is 0 Å². The summed E-state index contributed by atoms with van der Waals surface area (Å²) in [6.07, 6.45) is 2.11. The number of hydrogen-bond acceptors (Lipinski definition) is 1. The Kier molecular flexibility index (Phi) is 4.15. The minimum Gasteiger partial charge on any atom is -0.325 e. The highest BCUT2D eigenvalue weighted by Crippen LogP contribution is 2.25. The SMILES string of the molecule is CCC(C)C(C)(N)Cc1c(C)cccc1C. The molecular formula is C15H25N. The molecule has 0 spiro atoms. The first kappa shape index (κ1) is 13.2. The number of aryl methyl sites for hydroxylation is 2. The zero-order valence-corrected chi connectivity index (χ0v) is 11.3. The summed E-state index contributed by atoms with van der Waals surface area (Å²) < 4.78 is 0. The second-order valence-electron chi connectivity index (χ2n) is 5.36. The summed E-state index contributed by atoms with van der Waals surface area (Å²) in [4.78, 5) is 0. The van der Waals surface area contributed by atoms with E-state index in [0.717, 1.165) is 12.8 Å². The predicted octanol–water partition coefficient (Wildman–Crippen LogP) is 3.61. The van der Waals surface area contributed by atoms with Crippen LogP contribution in [0, 0.1) is 19.8 Å². The normalized spacial score (nSPS) is 16.9. The minimum absolute atomic E-state index is 0.106. The van der Waals surface area contributed by atoms with Gasteiger partial charge in [0.25, 0.3) is 0 Å². The molecule has 1 nitrogen and oxygen atoms in total. The van der Waals surface area contributed by atoms with Crippen LogP contribution >= 0.6 is 0 Å². The molecule has 2 atom stereocenters. The number of rotatable bonds is 4. The van der Waals surface area contributed by atoms with Crippen molar-refractivity contribution in [2.75, 3.05) is 0 Å². The lowest BCUT2D eigenvalue weighted by Crippen LogP contribution is -2.45. The first-order valence-electron chi connectivity index (χ1n) is 6.22. The smallest absolute Gasteiger partial charge is 0.0192 e. The Hall–Kier alpha value is -0.820. The molecule has 1 heteroatoms. The van der Waals surface area contributed by atoms with E-state index < -0.39 is 0 Å². The average Bonchev–Trinajstić information content (AvgIpc) is 2.22. The first-order chi connectivity index (χ1) is 7.38. The molecule has 0 aliphatic rings. The molecule has 0 aliphatic heterocycles. The van der Waals surface area contributed by atoms with Crippen LogP contribution < -0.4 is 5.73 Å². The molecule has 90 valence electrons. The molecular weight excluding hydrogens is 194 g/mol. The molecule has 0 fully saturated rings. The summed E-state index contributed by atoms with van der Waals surface area (Å²) in [6, 6.07) is 6.47. The van der Waals surface area contributed by atoms with Gasteiger partial charge in [-0.15, -0.1) is 0 Å². The van der Waals surface area contributed by atoms with Gasteiger partial charge in [0.05, 0.1) is 0 Å². The van der Waals surface area contributed by atoms with E-state index >= 15 is 0 Å². The van der Waals surface area contributed by atoms with Gasteiger partial charge in [-0.2, -0.15) is 0 Å². The van der Waals surface area contributed by atoms with Crippen molar-refractivity contribution >= 4 is 0 Å². The third-order valence-electron chi connectivity index (χ3n) is 3.94. The molecule has 0 heterocycles. The third-order valence-corrected chi connectivity index (χ3v) is 3.94. The van der Waals surface area contributed by atoms with Crippen LogP contribution in [0.25, 0.3) is 0 Å². The third kappa shape index (κ3) is 2.85. The summed E-state index contributed by atoms with van der Waals surface area (Å²) >= 11 is 0. The lowest BCUT2D eigenvalue weighted by atomic mass is 9.79. The highest BCUT2D eigenvalue weighted by molar-refractivity contribution is 5.34. The topological polar surface area (TPSA) is 26.0 Å². The molecule has 2 unspecified atom stereocenters. The molecule has 1 aromatic carbocycles. The van der Waals surface area contributed by atoms with Gasteiger partial charge in [-0.3, -0.25) is 0 Å². The molecule has 1 aromatic rings. The van der Waals surface area contributed by atoms with Crippen LogP contribution in [-0.2, 0) is 6.42 Å². The second-order valence-corrected chi connectivity index (χ2v) is 5.36. The van der Waals surface area contributed by atoms with Crippen molar-refractivity contribution < 1.29 is 0 Å². The Balaban J connectivity index is 2.96. The van der Waals surface area contributed by atoms with Gasteiger partial charge in [0, 0.05) is 5.54 Å². The lowest BCUT2D eigenvalue weighted by Gasteiger charge is -2.32. The van der Waals surface area contributed by atoms with Gasteiger partial charge < -0.3 is 5.73 Å². The van der Waals surface area contributed by atoms with E-state index in [1.807, 2.05) is 0 Å². The summed E-state index contributed by atoms with van der Waals surface area (Å²) in [5.41, 5.74) is 10.5. The fraction of sp³-hybridized carbons (Fsp3) is 0.600. The van der Waals surface area contributed by atoms with Crippen LogP contribution in [0.2, 0.25) is 0 Å². The Morgan fingerprint density at radius 2 is 1.75 bits per heavy atom. The predicted molar refractivity (Wildman–Crippen MR) is 71.7 cm³/mol. The van der Waals surface area contributed by atoms with Gasteiger partial charge in [0.1, 0.15) is 0 Å². The van der Waals surface area contributed by atoms with E-state index in [0.29, 0.717) is 5.92 Å². The van der Waals surface area contributed by atoms with Crippen molar-refractivity contribution in [3.63, 3.8) is 0 Å². The van der Waals surface area contributed by atoms with Gasteiger partial charge in [0.2, 0.25) is 0 Å². The van der Waals surface area contributed by atoms with Crippen LogP contribution in [0.3, 0.4) is 0 Å². The maximum atomic E-state index is 6.44. The number of benzene rings is 1. The summed E-state index contributed by atoms with van der Waals surface area (Å²) in [6.45, 7) is 11.0. The molecule has 16 heavy (non-hydrogen) atoms. The summed E-state index contributed by atoms with van der Waals surface area (Å²) in [5, 5.41) is 0.